The zero-order chi connectivity index (χ0) is 38.6. The van der Waals surface area contributed by atoms with Crippen molar-refractivity contribution in [2.75, 3.05) is 0 Å². The van der Waals surface area contributed by atoms with Gasteiger partial charge in [0.1, 0.15) is 6.17 Å². The van der Waals surface area contributed by atoms with E-state index >= 15 is 0 Å². The monoisotopic (exact) mass is 780 g/mol. The van der Waals surface area contributed by atoms with Gasteiger partial charge in [-0.2, -0.15) is 0 Å². The number of fused-ring (bicyclic) bond motifs is 7. The van der Waals surface area contributed by atoms with Crippen molar-refractivity contribution in [2.45, 2.75) is 50.9 Å². The van der Waals surface area contributed by atoms with Crippen LogP contribution in [0.5, 0.6) is 0 Å². The first-order chi connectivity index (χ1) is 28.6. The van der Waals surface area contributed by atoms with E-state index in [2.05, 4.69) is 200 Å². The Morgan fingerprint density at radius 3 is 1.88 bits per heavy atom. The fraction of sp³-hybridized carbons (Fsp3) is 0.0926. The predicted octanol–water partition coefficient (Wildman–Crippen LogP) is 14.4. The molecule has 8 aromatic rings. The Kier molecular flexibility index (Phi) is 8.90. The molecular formula is C54H40N2S2. The second-order valence-electron chi connectivity index (χ2n) is 15.6. The van der Waals surface area contributed by atoms with E-state index in [-0.39, 0.29) is 6.17 Å². The van der Waals surface area contributed by atoms with Crippen molar-refractivity contribution in [3.05, 3.63) is 221 Å². The Morgan fingerprint density at radius 1 is 0.517 bits per heavy atom. The molecule has 1 N–H and O–H groups in total. The molecule has 0 bridgehead atoms. The third-order valence-electron chi connectivity index (χ3n) is 12.1. The molecule has 0 spiro atoms. The average molecular weight is 781 g/mol. The van der Waals surface area contributed by atoms with Crippen LogP contribution in [0.25, 0.3) is 38.7 Å². The average Bonchev–Trinajstić information content (AvgIpc) is 3.42. The number of allylic oxidation sites excluding steroid dienone is 1. The highest BCUT2D eigenvalue weighted by Gasteiger charge is 2.33. The highest BCUT2D eigenvalue weighted by molar-refractivity contribution is 8.05. The summed E-state index contributed by atoms with van der Waals surface area (Å²) >= 11 is 3.90. The van der Waals surface area contributed by atoms with Crippen LogP contribution in [0.3, 0.4) is 0 Å². The van der Waals surface area contributed by atoms with E-state index in [1.807, 2.05) is 23.5 Å². The molecular weight excluding hydrogens is 741 g/mol. The number of rotatable bonds is 5. The summed E-state index contributed by atoms with van der Waals surface area (Å²) in [6, 6.07) is 66.7. The van der Waals surface area contributed by atoms with Crippen LogP contribution in [0.1, 0.15) is 58.3 Å². The van der Waals surface area contributed by atoms with Gasteiger partial charge in [-0.3, -0.25) is 4.99 Å². The van der Waals surface area contributed by atoms with Crippen molar-refractivity contribution in [1.82, 2.24) is 5.32 Å². The van der Waals surface area contributed by atoms with E-state index in [0.29, 0.717) is 11.8 Å². The maximum Gasteiger partial charge on any atom is 0.145 e. The van der Waals surface area contributed by atoms with Gasteiger partial charge in [0.2, 0.25) is 0 Å². The maximum absolute atomic E-state index is 5.11. The molecule has 278 valence electrons. The van der Waals surface area contributed by atoms with Gasteiger partial charge < -0.3 is 5.32 Å². The molecule has 0 amide bonds. The highest BCUT2D eigenvalue weighted by Crippen LogP contribution is 2.56. The molecule has 2 aliphatic heterocycles. The van der Waals surface area contributed by atoms with Crippen molar-refractivity contribution < 1.29 is 0 Å². The van der Waals surface area contributed by atoms with Crippen LogP contribution in [-0.4, -0.2) is 5.71 Å². The lowest BCUT2D eigenvalue weighted by Gasteiger charge is -2.29. The summed E-state index contributed by atoms with van der Waals surface area (Å²) in [5.41, 5.74) is 15.0. The molecule has 2 heterocycles. The van der Waals surface area contributed by atoms with E-state index in [1.54, 1.807) is 0 Å². The van der Waals surface area contributed by atoms with Gasteiger partial charge in [-0.05, 0) is 109 Å². The van der Waals surface area contributed by atoms with Gasteiger partial charge in [0, 0.05) is 25.3 Å². The van der Waals surface area contributed by atoms with E-state index in [9.17, 15) is 0 Å². The Bertz CT molecular complexity index is 2900. The van der Waals surface area contributed by atoms with Crippen LogP contribution in [0.15, 0.2) is 213 Å². The summed E-state index contributed by atoms with van der Waals surface area (Å²) in [5.74, 6) is 0.675. The third kappa shape index (κ3) is 6.38. The maximum atomic E-state index is 5.11. The molecule has 0 saturated carbocycles. The standard InChI is InChI=1S/C54H40N2S2/c1-34-46(30-43-18-10-11-19-44(43)45-28-29-49-53(52(34)45)58-51-32-42-17-9-8-16-41(42)31-50(51)57-49)37-24-20-35(21-25-37)36-22-26-39(27-23-36)48-33-47(38-12-4-2-5-13-38)55-54(56-48)40-14-6-3-7-15-40/h2-29,31-34,46,54,56H,30H2,1H3. The zero-order valence-electron chi connectivity index (χ0n) is 32.1. The van der Waals surface area contributed by atoms with Crippen LogP contribution < -0.4 is 5.32 Å². The molecule has 1 aliphatic carbocycles. The van der Waals surface area contributed by atoms with Crippen LogP contribution >= 0.6 is 23.5 Å². The van der Waals surface area contributed by atoms with Crippen molar-refractivity contribution in [2.24, 2.45) is 4.99 Å². The first kappa shape index (κ1) is 35.1. The van der Waals surface area contributed by atoms with Crippen LogP contribution in [0.4, 0.5) is 0 Å². The summed E-state index contributed by atoms with van der Waals surface area (Å²) in [7, 11) is 0. The molecule has 4 heteroatoms. The molecule has 58 heavy (non-hydrogen) atoms. The van der Waals surface area contributed by atoms with Crippen LogP contribution in [0, 0.1) is 0 Å². The molecule has 3 atom stereocenters. The summed E-state index contributed by atoms with van der Waals surface area (Å²) in [6.45, 7) is 2.47. The number of benzene rings is 8. The van der Waals surface area contributed by atoms with Gasteiger partial charge >= 0.3 is 0 Å². The largest absolute Gasteiger partial charge is 0.360 e. The Hall–Kier alpha value is -6.07. The van der Waals surface area contributed by atoms with Gasteiger partial charge in [0.25, 0.3) is 0 Å². The third-order valence-corrected chi connectivity index (χ3v) is 14.7. The predicted molar refractivity (Wildman–Crippen MR) is 244 cm³/mol. The molecule has 0 radical (unpaired) electrons. The van der Waals surface area contributed by atoms with E-state index in [4.69, 9.17) is 4.99 Å². The fourth-order valence-corrected chi connectivity index (χ4v) is 11.6. The van der Waals surface area contributed by atoms with E-state index in [0.717, 1.165) is 34.5 Å². The van der Waals surface area contributed by atoms with Gasteiger partial charge in [0.15, 0.2) is 0 Å². The summed E-state index contributed by atoms with van der Waals surface area (Å²) in [4.78, 5) is 10.6. The van der Waals surface area contributed by atoms with Gasteiger partial charge in [-0.1, -0.05) is 194 Å². The minimum absolute atomic E-state index is 0.159. The molecule has 11 rings (SSSR count). The minimum Gasteiger partial charge on any atom is -0.360 e. The number of nitrogens with zero attached hydrogens (tertiary/aromatic N) is 1. The van der Waals surface area contributed by atoms with Gasteiger partial charge in [-0.15, -0.1) is 0 Å². The van der Waals surface area contributed by atoms with Gasteiger partial charge in [-0.25, -0.2) is 0 Å². The molecule has 3 aliphatic rings. The fourth-order valence-electron chi connectivity index (χ4n) is 9.05. The second kappa shape index (κ2) is 14.7. The van der Waals surface area contributed by atoms with Crippen molar-refractivity contribution in [1.29, 1.82) is 0 Å². The normalized spacial score (nSPS) is 18.1. The molecule has 2 nitrogen and oxygen atoms in total. The molecule has 0 fully saturated rings. The second-order valence-corrected chi connectivity index (χ2v) is 17.7. The molecule has 0 saturated heterocycles. The number of hydrogen-bond donors (Lipinski definition) is 1. The topological polar surface area (TPSA) is 24.4 Å². The van der Waals surface area contributed by atoms with E-state index < -0.39 is 0 Å². The lowest BCUT2D eigenvalue weighted by atomic mass is 9.80. The van der Waals surface area contributed by atoms with Crippen LogP contribution in [-0.2, 0) is 6.42 Å². The zero-order valence-corrected chi connectivity index (χ0v) is 33.7. The summed E-state index contributed by atoms with van der Waals surface area (Å²) in [6.07, 6.45) is 3.03. The lowest BCUT2D eigenvalue weighted by Crippen LogP contribution is -2.24. The summed E-state index contributed by atoms with van der Waals surface area (Å²) < 4.78 is 0. The molecule has 3 unspecified atom stereocenters. The first-order valence-corrected chi connectivity index (χ1v) is 21.8. The van der Waals surface area contributed by atoms with Gasteiger partial charge in [0.05, 0.1) is 5.71 Å². The van der Waals surface area contributed by atoms with E-state index in [1.165, 1.54) is 69.3 Å². The van der Waals surface area contributed by atoms with Crippen molar-refractivity contribution in [3.63, 3.8) is 0 Å². The quantitative estimate of drug-likeness (QED) is 0.188. The Morgan fingerprint density at radius 2 is 1.14 bits per heavy atom. The van der Waals surface area contributed by atoms with Crippen molar-refractivity contribution in [3.8, 4) is 22.3 Å². The van der Waals surface area contributed by atoms with Crippen LogP contribution in [0.2, 0.25) is 0 Å². The lowest BCUT2D eigenvalue weighted by molar-refractivity contribution is 0.571. The number of nitrogens with one attached hydrogen (secondary N) is 1. The smallest absolute Gasteiger partial charge is 0.145 e. The first-order valence-electron chi connectivity index (χ1n) is 20.1. The highest BCUT2D eigenvalue weighted by atomic mass is 32.2. The number of aliphatic imine (C=N–C) groups is 1. The summed E-state index contributed by atoms with van der Waals surface area (Å²) in [5, 5.41) is 6.32. The Labute approximate surface area is 348 Å². The number of hydrogen-bond acceptors (Lipinski definition) is 4. The Balaban J connectivity index is 0.901. The minimum atomic E-state index is -0.159. The SMILES string of the molecule is CC1c2c(ccc3c2Sc2cc4ccccc4cc2S3)-c2ccccc2CC1c1ccc(-c2ccc(C3=CC(c4ccccc4)=NC(c4ccccc4)N3)cc2)cc1. The molecule has 8 aromatic carbocycles. The van der Waals surface area contributed by atoms with Crippen molar-refractivity contribution >= 4 is 45.7 Å². The molecule has 0 aromatic heterocycles.